The number of aryl methyl sites for hydroxylation is 1. The first-order valence-electron chi connectivity index (χ1n) is 6.36. The molecule has 0 saturated carbocycles. The molecule has 1 heterocycles. The zero-order chi connectivity index (χ0) is 13.8. The topological polar surface area (TPSA) is 46.1 Å². The van der Waals surface area contributed by atoms with E-state index >= 15 is 0 Å². The second-order valence-corrected chi connectivity index (χ2v) is 4.80. The summed E-state index contributed by atoms with van der Waals surface area (Å²) in [4.78, 5) is 12.1. The summed E-state index contributed by atoms with van der Waals surface area (Å²) in [6.45, 7) is 1.85. The molecule has 100 valence electrons. The van der Waals surface area contributed by atoms with E-state index in [4.69, 9.17) is 0 Å². The average Bonchev–Trinajstić information content (AvgIpc) is 2.85. The van der Waals surface area contributed by atoms with Gasteiger partial charge in [-0.05, 0) is 12.5 Å². The maximum atomic E-state index is 12.1. The van der Waals surface area contributed by atoms with Gasteiger partial charge in [-0.3, -0.25) is 4.79 Å². The van der Waals surface area contributed by atoms with Gasteiger partial charge in [-0.15, -0.1) is 0 Å². The first-order chi connectivity index (χ1) is 9.08. The zero-order valence-corrected chi connectivity index (χ0v) is 11.2. The van der Waals surface area contributed by atoms with E-state index in [0.717, 1.165) is 5.56 Å². The fourth-order valence-electron chi connectivity index (χ4n) is 2.02. The Hall–Kier alpha value is -1.94. The van der Waals surface area contributed by atoms with Crippen molar-refractivity contribution in [1.82, 2.24) is 4.57 Å². The molecule has 0 fully saturated rings. The normalized spacial score (nSPS) is 14.1. The predicted octanol–water partition coefficient (Wildman–Crippen LogP) is 1.57. The molecule has 2 unspecified atom stereocenters. The Kier molecular flexibility index (Phi) is 4.12. The second-order valence-electron chi connectivity index (χ2n) is 4.80. The zero-order valence-electron chi connectivity index (χ0n) is 11.2. The number of aliphatic hydroxyl groups excluding tert-OH is 1. The number of imidazole rings is 1. The van der Waals surface area contributed by atoms with Crippen LogP contribution >= 0.6 is 0 Å². The third kappa shape index (κ3) is 3.29. The molecule has 0 aliphatic carbocycles. The molecule has 0 saturated heterocycles. The highest BCUT2D eigenvalue weighted by molar-refractivity contribution is 5.82. The minimum Gasteiger partial charge on any atom is -0.388 e. The van der Waals surface area contributed by atoms with Gasteiger partial charge in [-0.2, -0.15) is 0 Å². The maximum absolute atomic E-state index is 12.1. The smallest absolute Gasteiger partial charge is 0.244 e. The van der Waals surface area contributed by atoms with E-state index in [-0.39, 0.29) is 18.2 Å². The second kappa shape index (κ2) is 5.80. The summed E-state index contributed by atoms with van der Waals surface area (Å²) in [6.07, 6.45) is 5.00. The highest BCUT2D eigenvalue weighted by Crippen LogP contribution is 2.19. The summed E-state index contributed by atoms with van der Waals surface area (Å²) < 4.78 is 3.73. The summed E-state index contributed by atoms with van der Waals surface area (Å²) in [5.74, 6) is 0.0209. The molecule has 2 atom stereocenters. The van der Waals surface area contributed by atoms with Crippen molar-refractivity contribution in [3.8, 4) is 0 Å². The minimum absolute atomic E-state index is 0.0209. The Morgan fingerprint density at radius 3 is 2.63 bits per heavy atom. The van der Waals surface area contributed by atoms with E-state index in [0.29, 0.717) is 0 Å². The molecule has 1 aromatic heterocycles. The Morgan fingerprint density at radius 1 is 1.37 bits per heavy atom. The van der Waals surface area contributed by atoms with Gasteiger partial charge in [0.05, 0.1) is 13.2 Å². The van der Waals surface area contributed by atoms with Crippen molar-refractivity contribution in [2.75, 3.05) is 0 Å². The maximum Gasteiger partial charge on any atom is 0.244 e. The van der Waals surface area contributed by atoms with Crippen molar-refractivity contribution in [3.05, 3.63) is 54.6 Å². The number of hydrogen-bond acceptors (Lipinski definition) is 2. The van der Waals surface area contributed by atoms with Crippen LogP contribution in [0.25, 0.3) is 0 Å². The molecule has 0 aliphatic heterocycles. The monoisotopic (exact) mass is 259 g/mol. The van der Waals surface area contributed by atoms with Crippen LogP contribution in [0.3, 0.4) is 0 Å². The molecule has 0 bridgehead atoms. The van der Waals surface area contributed by atoms with Gasteiger partial charge in [0.2, 0.25) is 6.33 Å². The highest BCUT2D eigenvalue weighted by atomic mass is 16.3. The summed E-state index contributed by atoms with van der Waals surface area (Å²) in [6, 6.07) is 9.01. The lowest BCUT2D eigenvalue weighted by Crippen LogP contribution is -2.25. The van der Waals surface area contributed by atoms with Crippen molar-refractivity contribution in [3.63, 3.8) is 0 Å². The Bertz CT molecular complexity index is 548. The molecule has 4 nitrogen and oxygen atoms in total. The van der Waals surface area contributed by atoms with Crippen LogP contribution < -0.4 is 4.57 Å². The van der Waals surface area contributed by atoms with Crippen LogP contribution in [0, 0.1) is 0 Å². The Labute approximate surface area is 112 Å². The third-order valence-electron chi connectivity index (χ3n) is 3.28. The highest BCUT2D eigenvalue weighted by Gasteiger charge is 2.22. The molecule has 2 aromatic rings. The summed E-state index contributed by atoms with van der Waals surface area (Å²) >= 11 is 0. The lowest BCUT2D eigenvalue weighted by molar-refractivity contribution is -0.671. The lowest BCUT2D eigenvalue weighted by Gasteiger charge is -2.12. The Balaban J connectivity index is 2.01. The van der Waals surface area contributed by atoms with Crippen molar-refractivity contribution in [2.24, 2.45) is 7.05 Å². The number of aromatic nitrogens is 2. The van der Waals surface area contributed by atoms with Crippen molar-refractivity contribution in [1.29, 1.82) is 0 Å². The van der Waals surface area contributed by atoms with Gasteiger partial charge in [-0.25, -0.2) is 9.13 Å². The van der Waals surface area contributed by atoms with E-state index in [2.05, 4.69) is 0 Å². The molecule has 1 N–H and O–H groups in total. The molecule has 2 rings (SSSR count). The predicted molar refractivity (Wildman–Crippen MR) is 71.3 cm³/mol. The molecule has 0 radical (unpaired) electrons. The van der Waals surface area contributed by atoms with E-state index in [9.17, 15) is 9.90 Å². The van der Waals surface area contributed by atoms with E-state index in [1.54, 1.807) is 0 Å². The van der Waals surface area contributed by atoms with E-state index < -0.39 is 6.10 Å². The molecule has 0 aliphatic rings. The number of benzene rings is 1. The van der Waals surface area contributed by atoms with Gasteiger partial charge in [0.25, 0.3) is 0 Å². The molecule has 4 heteroatoms. The van der Waals surface area contributed by atoms with Crippen LogP contribution in [-0.4, -0.2) is 15.5 Å². The number of hydrogen-bond donors (Lipinski definition) is 1. The number of Topliss-reactive ketones (excluding diaryl/α,β-unsaturated/α-hetero) is 1. The van der Waals surface area contributed by atoms with Gasteiger partial charge in [-0.1, -0.05) is 30.3 Å². The number of ketones is 1. The van der Waals surface area contributed by atoms with Crippen LogP contribution in [0.2, 0.25) is 0 Å². The SMILES string of the molecule is CC(C(=O)CC(O)c1ccccc1)n1cc[n+](C)c1. The van der Waals surface area contributed by atoms with Gasteiger partial charge in [0.15, 0.2) is 11.8 Å². The van der Waals surface area contributed by atoms with E-state index in [1.165, 1.54) is 0 Å². The van der Waals surface area contributed by atoms with Crippen molar-refractivity contribution in [2.45, 2.75) is 25.5 Å². The van der Waals surface area contributed by atoms with Crippen LogP contribution in [-0.2, 0) is 11.8 Å². The lowest BCUT2D eigenvalue weighted by atomic mass is 10.0. The molecule has 0 spiro atoms. The quantitative estimate of drug-likeness (QED) is 0.828. The molecular formula is C15H19N2O2+. The fourth-order valence-corrected chi connectivity index (χ4v) is 2.02. The fraction of sp³-hybridized carbons (Fsp3) is 0.333. The standard InChI is InChI=1S/C15H19N2O2/c1-12(17-9-8-16(2)11-17)14(18)10-15(19)13-6-4-3-5-7-13/h3-9,11-12,15,19H,10H2,1-2H3/q+1. The molecule has 0 amide bonds. The number of rotatable bonds is 5. The van der Waals surface area contributed by atoms with E-state index in [1.807, 2.05) is 72.2 Å². The Morgan fingerprint density at radius 2 is 2.05 bits per heavy atom. The first kappa shape index (κ1) is 13.5. The van der Waals surface area contributed by atoms with Crippen molar-refractivity contribution < 1.29 is 14.5 Å². The van der Waals surface area contributed by atoms with Gasteiger partial charge in [0.1, 0.15) is 12.4 Å². The van der Waals surface area contributed by atoms with Gasteiger partial charge in [0, 0.05) is 6.42 Å². The average molecular weight is 259 g/mol. The van der Waals surface area contributed by atoms with Crippen LogP contribution in [0.15, 0.2) is 49.1 Å². The number of carbonyl (C=O) groups is 1. The largest absolute Gasteiger partial charge is 0.388 e. The van der Waals surface area contributed by atoms with Crippen LogP contribution in [0.1, 0.15) is 31.1 Å². The van der Waals surface area contributed by atoms with Gasteiger partial charge < -0.3 is 5.11 Å². The third-order valence-corrected chi connectivity index (χ3v) is 3.28. The molecular weight excluding hydrogens is 240 g/mol. The van der Waals surface area contributed by atoms with Crippen molar-refractivity contribution >= 4 is 5.78 Å². The number of aliphatic hydroxyl groups is 1. The van der Waals surface area contributed by atoms with Crippen LogP contribution in [0.5, 0.6) is 0 Å². The first-order valence-corrected chi connectivity index (χ1v) is 6.36. The summed E-state index contributed by atoms with van der Waals surface area (Å²) in [5.41, 5.74) is 0.779. The number of carbonyl (C=O) groups excluding carboxylic acids is 1. The summed E-state index contributed by atoms with van der Waals surface area (Å²) in [7, 11) is 1.91. The molecule has 19 heavy (non-hydrogen) atoms. The van der Waals surface area contributed by atoms with Crippen LogP contribution in [0.4, 0.5) is 0 Å². The van der Waals surface area contributed by atoms with Gasteiger partial charge >= 0.3 is 0 Å². The minimum atomic E-state index is -0.736. The number of nitrogens with zero attached hydrogens (tertiary/aromatic N) is 2. The summed E-state index contributed by atoms with van der Waals surface area (Å²) in [5, 5.41) is 10.1. The molecule has 1 aromatic carbocycles.